The van der Waals surface area contributed by atoms with Gasteiger partial charge < -0.3 is 33.6 Å². The minimum Gasteiger partial charge on any atom is -0.382 e. The summed E-state index contributed by atoms with van der Waals surface area (Å²) >= 11 is 0. The fraction of sp³-hybridized carbons (Fsp3) is 0.295. The number of hydrogen-bond donors (Lipinski definition) is 1. The summed E-state index contributed by atoms with van der Waals surface area (Å²) < 4.78 is 19.7. The van der Waals surface area contributed by atoms with Crippen molar-refractivity contribution in [1.82, 2.24) is 39.1 Å². The average Bonchev–Trinajstić information content (AvgIpc) is 4.01. The molecule has 60 heavy (non-hydrogen) atoms. The molecular formula is C44H44N8O8. The van der Waals surface area contributed by atoms with E-state index >= 15 is 0 Å². The Hall–Kier alpha value is -6.59. The van der Waals surface area contributed by atoms with Crippen LogP contribution >= 0.6 is 0 Å². The Bertz CT molecular complexity index is 2510. The van der Waals surface area contributed by atoms with Crippen molar-refractivity contribution in [2.45, 2.75) is 6.42 Å². The number of nitrogens with one attached hydrogen (secondary N) is 1. The molecule has 0 atom stereocenters. The zero-order valence-corrected chi connectivity index (χ0v) is 33.1. The Kier molecular flexibility index (Phi) is 12.1. The molecule has 0 fully saturated rings. The van der Waals surface area contributed by atoms with Crippen LogP contribution in [0.1, 0.15) is 47.9 Å². The lowest BCUT2D eigenvalue weighted by Crippen LogP contribution is -2.47. The van der Waals surface area contributed by atoms with Crippen LogP contribution in [-0.4, -0.2) is 143 Å². The third kappa shape index (κ3) is 7.92. The van der Waals surface area contributed by atoms with Crippen LogP contribution in [0.15, 0.2) is 98.1 Å². The van der Waals surface area contributed by atoms with Crippen LogP contribution in [0.2, 0.25) is 0 Å². The second-order valence-corrected chi connectivity index (χ2v) is 14.3. The zero-order valence-electron chi connectivity index (χ0n) is 33.1. The summed E-state index contributed by atoms with van der Waals surface area (Å²) in [6.45, 7) is 2.45. The van der Waals surface area contributed by atoms with Crippen LogP contribution in [0.25, 0.3) is 32.9 Å². The Labute approximate surface area is 345 Å². The minimum absolute atomic E-state index is 0.0205. The highest BCUT2D eigenvalue weighted by Gasteiger charge is 2.35. The quantitative estimate of drug-likeness (QED) is 0.0881. The summed E-state index contributed by atoms with van der Waals surface area (Å²) in [5.74, 6) is -1.88. The van der Waals surface area contributed by atoms with Gasteiger partial charge in [0.1, 0.15) is 6.61 Å². The normalized spacial score (nSPS) is 13.6. The van der Waals surface area contributed by atoms with E-state index in [4.69, 9.17) is 14.2 Å². The molecule has 4 heterocycles. The van der Waals surface area contributed by atoms with E-state index in [1.165, 1.54) is 9.80 Å². The van der Waals surface area contributed by atoms with Crippen molar-refractivity contribution in [3.8, 4) is 11.4 Å². The number of nitrogens with zero attached hydrogens (tertiary/aromatic N) is 7. The number of imide groups is 2. The monoisotopic (exact) mass is 812 g/mol. The van der Waals surface area contributed by atoms with Crippen LogP contribution in [0.3, 0.4) is 0 Å². The predicted molar refractivity (Wildman–Crippen MR) is 220 cm³/mol. The molecular weight excluding hydrogens is 769 g/mol. The molecule has 0 saturated carbocycles. The number of carbonyl (C=O) groups is 5. The number of carbonyl (C=O) groups excluding carboxylic acids is 5. The lowest BCUT2D eigenvalue weighted by atomic mass is 9.93. The number of hydrogen-bond acceptors (Lipinski definition) is 11. The SMILES string of the molecule is COCCOCCOCC(=O)N(CCCNCCN1C(=O)c2cccc3c(-n4ccnc4)ccc(c23)C1=O)CCN1C(=O)c2cccc3c(-n4ccnc4)ccc(c23)C1=O. The molecule has 16 nitrogen and oxygen atoms in total. The van der Waals surface area contributed by atoms with Gasteiger partial charge in [0.25, 0.3) is 23.6 Å². The number of ether oxygens (including phenoxy) is 3. The highest BCUT2D eigenvalue weighted by molar-refractivity contribution is 6.27. The molecule has 8 rings (SSSR count). The molecule has 4 aromatic carbocycles. The summed E-state index contributed by atoms with van der Waals surface area (Å²) in [7, 11) is 1.58. The molecule has 308 valence electrons. The number of benzene rings is 4. The number of methoxy groups -OCH3 is 1. The lowest BCUT2D eigenvalue weighted by molar-refractivity contribution is -0.137. The zero-order chi connectivity index (χ0) is 41.6. The van der Waals surface area contributed by atoms with E-state index in [1.807, 2.05) is 45.7 Å². The highest BCUT2D eigenvalue weighted by Crippen LogP contribution is 2.35. The van der Waals surface area contributed by atoms with Gasteiger partial charge in [-0.3, -0.25) is 33.8 Å². The van der Waals surface area contributed by atoms with Crippen molar-refractivity contribution >= 4 is 51.1 Å². The van der Waals surface area contributed by atoms with Crippen molar-refractivity contribution < 1.29 is 38.2 Å². The second-order valence-electron chi connectivity index (χ2n) is 14.3. The van der Waals surface area contributed by atoms with Gasteiger partial charge in [-0.15, -0.1) is 0 Å². The fourth-order valence-corrected chi connectivity index (χ4v) is 7.83. The summed E-state index contributed by atoms with van der Waals surface area (Å²) in [6.07, 6.45) is 10.8. The first-order valence-electron chi connectivity index (χ1n) is 19.8. The summed E-state index contributed by atoms with van der Waals surface area (Å²) in [5.41, 5.74) is 3.38. The van der Waals surface area contributed by atoms with Crippen molar-refractivity contribution in [3.63, 3.8) is 0 Å². The van der Waals surface area contributed by atoms with Crippen molar-refractivity contribution in [1.29, 1.82) is 0 Å². The minimum atomic E-state index is -0.432. The molecule has 2 aromatic heterocycles. The molecule has 0 spiro atoms. The third-order valence-corrected chi connectivity index (χ3v) is 10.8. The van der Waals surface area contributed by atoms with Gasteiger partial charge >= 0.3 is 0 Å². The van der Waals surface area contributed by atoms with E-state index < -0.39 is 11.8 Å². The number of amides is 5. The molecule has 0 radical (unpaired) electrons. The fourth-order valence-electron chi connectivity index (χ4n) is 7.83. The maximum Gasteiger partial charge on any atom is 0.261 e. The topological polar surface area (TPSA) is 170 Å². The first-order valence-corrected chi connectivity index (χ1v) is 19.8. The second kappa shape index (κ2) is 18.1. The first-order chi connectivity index (χ1) is 29.4. The van der Waals surface area contributed by atoms with E-state index in [0.717, 1.165) is 22.1 Å². The third-order valence-electron chi connectivity index (χ3n) is 10.8. The number of aromatic nitrogens is 4. The Morgan fingerprint density at radius 2 is 1.17 bits per heavy atom. The molecule has 2 aliphatic heterocycles. The molecule has 6 aromatic rings. The maximum absolute atomic E-state index is 13.9. The van der Waals surface area contributed by atoms with Crippen molar-refractivity contribution in [2.24, 2.45) is 0 Å². The van der Waals surface area contributed by atoms with E-state index in [0.29, 0.717) is 78.9 Å². The van der Waals surface area contributed by atoms with Gasteiger partial charge in [-0.05, 0) is 49.4 Å². The Morgan fingerprint density at radius 3 is 1.72 bits per heavy atom. The molecule has 0 saturated heterocycles. The van der Waals surface area contributed by atoms with Crippen molar-refractivity contribution in [3.05, 3.63) is 120 Å². The van der Waals surface area contributed by atoms with Crippen LogP contribution in [0.5, 0.6) is 0 Å². The van der Waals surface area contributed by atoms with Crippen LogP contribution in [0, 0.1) is 0 Å². The van der Waals surface area contributed by atoms with Gasteiger partial charge in [0, 0.05) is 108 Å². The van der Waals surface area contributed by atoms with E-state index in [9.17, 15) is 24.0 Å². The average molecular weight is 813 g/mol. The van der Waals surface area contributed by atoms with Crippen LogP contribution in [-0.2, 0) is 19.0 Å². The largest absolute Gasteiger partial charge is 0.382 e. The van der Waals surface area contributed by atoms with Crippen LogP contribution < -0.4 is 5.32 Å². The van der Waals surface area contributed by atoms with Gasteiger partial charge in [0.15, 0.2) is 0 Å². The first kappa shape index (κ1) is 40.2. The number of imidazole rings is 2. The van der Waals surface area contributed by atoms with E-state index in [-0.39, 0.29) is 50.6 Å². The van der Waals surface area contributed by atoms with Crippen LogP contribution in [0.4, 0.5) is 0 Å². The summed E-state index contributed by atoms with van der Waals surface area (Å²) in [4.78, 5) is 80.9. The Morgan fingerprint density at radius 1 is 0.633 bits per heavy atom. The van der Waals surface area contributed by atoms with Gasteiger partial charge in [0.2, 0.25) is 5.91 Å². The molecule has 0 aliphatic carbocycles. The van der Waals surface area contributed by atoms with Gasteiger partial charge in [-0.1, -0.05) is 24.3 Å². The Balaban J connectivity index is 0.889. The summed E-state index contributed by atoms with van der Waals surface area (Å²) in [6, 6.07) is 18.0. The highest BCUT2D eigenvalue weighted by atomic mass is 16.5. The molecule has 1 N–H and O–H groups in total. The molecule has 2 aliphatic rings. The van der Waals surface area contributed by atoms with Gasteiger partial charge in [-0.2, -0.15) is 0 Å². The number of rotatable bonds is 20. The van der Waals surface area contributed by atoms with Gasteiger partial charge in [0.05, 0.1) is 50.5 Å². The smallest absolute Gasteiger partial charge is 0.261 e. The maximum atomic E-state index is 13.9. The summed E-state index contributed by atoms with van der Waals surface area (Å²) in [5, 5.41) is 6.07. The molecule has 0 bridgehead atoms. The standard InChI is InChI=1S/C44H44N8O8/c1-58-23-24-59-25-26-60-27-38(53)48(21-22-52-42(55)33-8-3-6-31-37(50-19-15-47-29-50)12-10-35(40(31)33)44(52)57)17-4-13-45-16-20-51-41(54)32-7-2-5-30-36(49-18-14-46-28-49)11-9-34(39(30)32)43(51)56/h2-3,5-12,14-15,18-19,28-29,45H,4,13,16-17,20-27H2,1H3. The van der Waals surface area contributed by atoms with Crippen molar-refractivity contribution in [2.75, 3.05) is 79.4 Å². The van der Waals surface area contributed by atoms with E-state index in [1.54, 1.807) is 73.6 Å². The predicted octanol–water partition coefficient (Wildman–Crippen LogP) is 3.74. The lowest BCUT2D eigenvalue weighted by Gasteiger charge is -2.30. The molecule has 16 heteroatoms. The molecule has 5 amide bonds. The molecule has 0 unspecified atom stereocenters. The van der Waals surface area contributed by atoms with Gasteiger partial charge in [-0.25, -0.2) is 9.97 Å². The van der Waals surface area contributed by atoms with E-state index in [2.05, 4.69) is 15.3 Å².